The molecule has 0 atom stereocenters. The summed E-state index contributed by atoms with van der Waals surface area (Å²) in [5.41, 5.74) is 1.27. The average Bonchev–Trinajstić information content (AvgIpc) is 3.32. The molecule has 206 valence electrons. The van der Waals surface area contributed by atoms with Crippen LogP contribution in [0.25, 0.3) is 0 Å². The van der Waals surface area contributed by atoms with Crippen molar-refractivity contribution in [1.82, 2.24) is 15.3 Å². The molecule has 3 rings (SSSR count). The van der Waals surface area contributed by atoms with Crippen LogP contribution in [0.5, 0.6) is 23.5 Å². The van der Waals surface area contributed by atoms with E-state index in [9.17, 15) is 4.79 Å². The minimum atomic E-state index is -0.355. The molecule has 0 unspecified atom stereocenters. The number of hydrogen-bond donors (Lipinski definition) is 2. The number of benzene rings is 1. The lowest BCUT2D eigenvalue weighted by Gasteiger charge is -2.22. The fourth-order valence-electron chi connectivity index (χ4n) is 3.60. The van der Waals surface area contributed by atoms with Crippen LogP contribution in [0.2, 0.25) is 0 Å². The van der Waals surface area contributed by atoms with E-state index in [2.05, 4.69) is 64.2 Å². The molecule has 2 aromatic heterocycles. The molecule has 1 aromatic carbocycles. The summed E-state index contributed by atoms with van der Waals surface area (Å²) in [6.07, 6.45) is 1.05. The fourth-order valence-corrected chi connectivity index (χ4v) is 3.93. The number of halogens is 1. The number of amides is 1. The molecule has 0 aliphatic heterocycles. The van der Waals surface area contributed by atoms with E-state index in [0.29, 0.717) is 18.2 Å². The molecular formula is C27H36BrN5O5. The third-order valence-electron chi connectivity index (χ3n) is 5.55. The maximum absolute atomic E-state index is 12.8. The topological polar surface area (TPSA) is 111 Å². The highest BCUT2D eigenvalue weighted by atomic mass is 79.9. The Labute approximate surface area is 232 Å². The van der Waals surface area contributed by atoms with Gasteiger partial charge in [-0.05, 0) is 52.0 Å². The molecule has 3 aromatic rings. The van der Waals surface area contributed by atoms with Crippen molar-refractivity contribution in [3.63, 3.8) is 0 Å². The lowest BCUT2D eigenvalue weighted by atomic mass is 9.87. The van der Waals surface area contributed by atoms with Crippen molar-refractivity contribution in [3.05, 3.63) is 40.4 Å². The predicted molar refractivity (Wildman–Crippen MR) is 151 cm³/mol. The number of carbonyl (C=O) groups excluding carboxylic acids is 1. The monoisotopic (exact) mass is 589 g/mol. The minimum Gasteiger partial charge on any atom is -0.479 e. The highest BCUT2D eigenvalue weighted by molar-refractivity contribution is 9.10. The van der Waals surface area contributed by atoms with Crippen molar-refractivity contribution in [3.8, 4) is 23.5 Å². The number of furan rings is 1. The molecule has 0 fully saturated rings. The maximum atomic E-state index is 12.8. The van der Waals surface area contributed by atoms with Gasteiger partial charge in [-0.1, -0.05) is 33.8 Å². The Balaban J connectivity index is 1.91. The van der Waals surface area contributed by atoms with Gasteiger partial charge in [0.25, 0.3) is 5.95 Å². The number of nitrogens with zero attached hydrogens (tertiary/aromatic N) is 3. The first-order valence-electron chi connectivity index (χ1n) is 12.4. The maximum Gasteiger partial charge on any atom is 0.291 e. The van der Waals surface area contributed by atoms with Crippen molar-refractivity contribution in [2.75, 3.05) is 44.1 Å². The highest BCUT2D eigenvalue weighted by Crippen LogP contribution is 2.42. The largest absolute Gasteiger partial charge is 0.479 e. The predicted octanol–water partition coefficient (Wildman–Crippen LogP) is 6.04. The van der Waals surface area contributed by atoms with Crippen LogP contribution in [-0.4, -0.2) is 49.7 Å². The van der Waals surface area contributed by atoms with Gasteiger partial charge in [-0.3, -0.25) is 4.79 Å². The number of anilines is 3. The lowest BCUT2D eigenvalue weighted by Crippen LogP contribution is -2.25. The standard InChI is InChI=1S/C27H36BrN5O5/c1-8-13-29-14-15-30-26-31-24(35-6)23(25(32-26)36-7)33(17(2)34)21-11-12-22(38-21)37-20-16-18(27(3,4)5)9-10-19(20)28/h9-12,16,29H,8,13-15H2,1-7H3,(H,30,31,32). The molecule has 10 nitrogen and oxygen atoms in total. The summed E-state index contributed by atoms with van der Waals surface area (Å²) in [5, 5.41) is 6.45. The Hall–Kier alpha value is -3.31. The molecule has 0 saturated carbocycles. The van der Waals surface area contributed by atoms with Gasteiger partial charge >= 0.3 is 0 Å². The summed E-state index contributed by atoms with van der Waals surface area (Å²) < 4.78 is 23.8. The van der Waals surface area contributed by atoms with E-state index < -0.39 is 0 Å². The van der Waals surface area contributed by atoms with Crippen molar-refractivity contribution in [1.29, 1.82) is 0 Å². The molecule has 38 heavy (non-hydrogen) atoms. The molecule has 1 amide bonds. The fraction of sp³-hybridized carbons (Fsp3) is 0.444. The van der Waals surface area contributed by atoms with Gasteiger partial charge in [-0.2, -0.15) is 9.97 Å². The smallest absolute Gasteiger partial charge is 0.291 e. The number of ether oxygens (including phenoxy) is 3. The zero-order valence-electron chi connectivity index (χ0n) is 23.0. The van der Waals surface area contributed by atoms with Crippen LogP contribution in [0.3, 0.4) is 0 Å². The normalized spacial score (nSPS) is 11.3. The molecule has 2 N–H and O–H groups in total. The Morgan fingerprint density at radius 1 is 1.05 bits per heavy atom. The number of aromatic nitrogens is 2. The van der Waals surface area contributed by atoms with Gasteiger partial charge in [0.05, 0.1) is 18.7 Å². The van der Waals surface area contributed by atoms with Gasteiger partial charge in [-0.25, -0.2) is 4.90 Å². The van der Waals surface area contributed by atoms with Crippen LogP contribution in [0.15, 0.2) is 39.2 Å². The van der Waals surface area contributed by atoms with Gasteiger partial charge in [-0.15, -0.1) is 0 Å². The van der Waals surface area contributed by atoms with Crippen LogP contribution in [0.1, 0.15) is 46.6 Å². The van der Waals surface area contributed by atoms with Crippen molar-refractivity contribution < 1.29 is 23.4 Å². The van der Waals surface area contributed by atoms with Gasteiger partial charge in [0.15, 0.2) is 5.69 Å². The van der Waals surface area contributed by atoms with Gasteiger partial charge in [0.1, 0.15) is 5.75 Å². The van der Waals surface area contributed by atoms with E-state index in [4.69, 9.17) is 18.6 Å². The van der Waals surface area contributed by atoms with Crippen LogP contribution >= 0.6 is 15.9 Å². The van der Waals surface area contributed by atoms with Crippen LogP contribution in [-0.2, 0) is 10.2 Å². The molecule has 0 radical (unpaired) electrons. The molecule has 0 spiro atoms. The zero-order chi connectivity index (χ0) is 27.9. The average molecular weight is 591 g/mol. The second-order valence-electron chi connectivity index (χ2n) is 9.54. The lowest BCUT2D eigenvalue weighted by molar-refractivity contribution is -0.116. The molecule has 11 heteroatoms. The summed E-state index contributed by atoms with van der Waals surface area (Å²) in [7, 11) is 2.93. The Kier molecular flexibility index (Phi) is 9.98. The van der Waals surface area contributed by atoms with Crippen molar-refractivity contribution in [2.45, 2.75) is 46.5 Å². The van der Waals surface area contributed by atoms with Crippen LogP contribution in [0, 0.1) is 0 Å². The molecule has 0 aliphatic rings. The van der Waals surface area contributed by atoms with Crippen LogP contribution < -0.4 is 29.7 Å². The summed E-state index contributed by atoms with van der Waals surface area (Å²) >= 11 is 3.53. The molecular weight excluding hydrogens is 554 g/mol. The Bertz CT molecular complexity index is 1220. The molecule has 2 heterocycles. The third kappa shape index (κ3) is 7.16. The van der Waals surface area contributed by atoms with E-state index >= 15 is 0 Å². The number of methoxy groups -OCH3 is 2. The van der Waals surface area contributed by atoms with E-state index in [0.717, 1.165) is 29.5 Å². The van der Waals surface area contributed by atoms with E-state index in [-0.39, 0.29) is 40.6 Å². The summed E-state index contributed by atoms with van der Waals surface area (Å²) in [6, 6.07) is 9.20. The Morgan fingerprint density at radius 3 is 2.32 bits per heavy atom. The van der Waals surface area contributed by atoms with E-state index in [1.54, 1.807) is 12.1 Å². The van der Waals surface area contributed by atoms with Gasteiger partial charge in [0.2, 0.25) is 29.5 Å². The number of nitrogens with one attached hydrogen (secondary N) is 2. The third-order valence-corrected chi connectivity index (χ3v) is 6.21. The first kappa shape index (κ1) is 29.2. The number of carbonyl (C=O) groups is 1. The van der Waals surface area contributed by atoms with E-state index in [1.807, 2.05) is 18.2 Å². The number of hydrogen-bond acceptors (Lipinski definition) is 9. The second kappa shape index (κ2) is 13.0. The second-order valence-corrected chi connectivity index (χ2v) is 10.4. The Morgan fingerprint density at radius 2 is 1.74 bits per heavy atom. The first-order valence-corrected chi connectivity index (χ1v) is 13.2. The van der Waals surface area contributed by atoms with Crippen molar-refractivity contribution >= 4 is 39.4 Å². The van der Waals surface area contributed by atoms with Crippen molar-refractivity contribution in [2.24, 2.45) is 0 Å². The zero-order valence-corrected chi connectivity index (χ0v) is 24.6. The van der Waals surface area contributed by atoms with Gasteiger partial charge < -0.3 is 29.3 Å². The molecule has 0 saturated heterocycles. The first-order chi connectivity index (χ1) is 18.1. The number of rotatable bonds is 12. The van der Waals surface area contributed by atoms with E-state index in [1.165, 1.54) is 26.0 Å². The minimum absolute atomic E-state index is 0.0568. The SMILES string of the molecule is CCCNCCNc1nc(OC)c(N(C(C)=O)c2ccc(Oc3cc(C(C)(C)C)ccc3Br)o2)c(OC)n1. The molecule has 0 bridgehead atoms. The van der Waals surface area contributed by atoms with Crippen LogP contribution in [0.4, 0.5) is 17.5 Å². The van der Waals surface area contributed by atoms with Gasteiger partial charge in [0, 0.05) is 32.1 Å². The highest BCUT2D eigenvalue weighted by Gasteiger charge is 2.29. The summed E-state index contributed by atoms with van der Waals surface area (Å²) in [4.78, 5) is 23.0. The quantitative estimate of drug-likeness (QED) is 0.244. The summed E-state index contributed by atoms with van der Waals surface area (Å²) in [6.45, 7) is 12.2. The molecule has 0 aliphatic carbocycles. The summed E-state index contributed by atoms with van der Waals surface area (Å²) in [5.74, 6) is 1.25.